The molecule has 0 radical (unpaired) electrons. The van der Waals surface area contributed by atoms with Gasteiger partial charge in [-0.3, -0.25) is 0 Å². The van der Waals surface area contributed by atoms with E-state index in [1.54, 1.807) is 0 Å². The van der Waals surface area contributed by atoms with E-state index in [0.717, 1.165) is 12.3 Å². The van der Waals surface area contributed by atoms with Gasteiger partial charge in [0.25, 0.3) is 0 Å². The Balaban J connectivity index is 1.73. The number of aryl methyl sites for hydroxylation is 1. The molecule has 0 aliphatic heterocycles. The van der Waals surface area contributed by atoms with Gasteiger partial charge in [0.05, 0.1) is 12.2 Å². The maximum absolute atomic E-state index is 5.86. The maximum Gasteiger partial charge on any atom is 0.142 e. The molecule has 0 aliphatic carbocycles. The van der Waals surface area contributed by atoms with E-state index >= 15 is 0 Å². The van der Waals surface area contributed by atoms with Gasteiger partial charge in [0.1, 0.15) is 12.4 Å². The first-order chi connectivity index (χ1) is 9.75. The van der Waals surface area contributed by atoms with Gasteiger partial charge in [-0.25, -0.2) is 0 Å². The monoisotopic (exact) mass is 266 g/mol. The Morgan fingerprint density at radius 3 is 2.65 bits per heavy atom. The fourth-order valence-corrected chi connectivity index (χ4v) is 2.48. The van der Waals surface area contributed by atoms with E-state index in [4.69, 9.17) is 10.5 Å². The first-order valence-corrected chi connectivity index (χ1v) is 6.77. The number of benzene rings is 2. The van der Waals surface area contributed by atoms with Gasteiger partial charge >= 0.3 is 0 Å². The molecular formula is C17H18N2O. The van der Waals surface area contributed by atoms with E-state index in [1.807, 2.05) is 24.3 Å². The van der Waals surface area contributed by atoms with Crippen molar-refractivity contribution in [1.82, 2.24) is 4.57 Å². The zero-order chi connectivity index (χ0) is 13.9. The molecule has 2 aromatic carbocycles. The van der Waals surface area contributed by atoms with Gasteiger partial charge in [0, 0.05) is 17.1 Å². The van der Waals surface area contributed by atoms with Crippen molar-refractivity contribution in [2.75, 3.05) is 12.3 Å². The number of aromatic nitrogens is 1. The summed E-state index contributed by atoms with van der Waals surface area (Å²) in [7, 11) is 0. The van der Waals surface area contributed by atoms with Crippen molar-refractivity contribution in [2.45, 2.75) is 13.5 Å². The van der Waals surface area contributed by atoms with Crippen molar-refractivity contribution in [1.29, 1.82) is 0 Å². The van der Waals surface area contributed by atoms with E-state index < -0.39 is 0 Å². The van der Waals surface area contributed by atoms with Crippen molar-refractivity contribution in [3.05, 3.63) is 60.3 Å². The van der Waals surface area contributed by atoms with Crippen LogP contribution in [0.3, 0.4) is 0 Å². The first kappa shape index (κ1) is 12.6. The summed E-state index contributed by atoms with van der Waals surface area (Å²) >= 11 is 0. The number of ether oxygens (including phenoxy) is 1. The second-order valence-electron chi connectivity index (χ2n) is 4.91. The van der Waals surface area contributed by atoms with Crippen LogP contribution in [0.1, 0.15) is 5.56 Å². The van der Waals surface area contributed by atoms with E-state index in [1.165, 1.54) is 16.5 Å². The molecular weight excluding hydrogens is 248 g/mol. The second kappa shape index (κ2) is 5.29. The molecule has 0 saturated carbocycles. The number of nitrogen functional groups attached to an aromatic ring is 1. The Morgan fingerprint density at radius 2 is 1.80 bits per heavy atom. The van der Waals surface area contributed by atoms with Crippen LogP contribution in [0.15, 0.2) is 54.7 Å². The molecule has 3 heteroatoms. The minimum atomic E-state index is 0.603. The SMILES string of the molecule is Cc1cn(CCOc2ccccc2N)c2ccccc12. The third-order valence-corrected chi connectivity index (χ3v) is 3.50. The normalized spacial score (nSPS) is 10.8. The Kier molecular flexibility index (Phi) is 3.33. The molecule has 3 rings (SSSR count). The lowest BCUT2D eigenvalue weighted by molar-refractivity contribution is 0.302. The summed E-state index contributed by atoms with van der Waals surface area (Å²) < 4.78 is 7.98. The number of rotatable bonds is 4. The number of anilines is 1. The molecule has 3 nitrogen and oxygen atoms in total. The minimum Gasteiger partial charge on any atom is -0.490 e. The summed E-state index contributed by atoms with van der Waals surface area (Å²) in [6.45, 7) is 3.55. The van der Waals surface area contributed by atoms with Crippen LogP contribution in [-0.4, -0.2) is 11.2 Å². The highest BCUT2D eigenvalue weighted by atomic mass is 16.5. The smallest absolute Gasteiger partial charge is 0.142 e. The molecule has 0 amide bonds. The summed E-state index contributed by atoms with van der Waals surface area (Å²) in [5.74, 6) is 0.751. The van der Waals surface area contributed by atoms with Crippen molar-refractivity contribution in [3.8, 4) is 5.75 Å². The Morgan fingerprint density at radius 1 is 1.05 bits per heavy atom. The first-order valence-electron chi connectivity index (χ1n) is 6.77. The average Bonchev–Trinajstić information content (AvgIpc) is 2.78. The van der Waals surface area contributed by atoms with E-state index in [9.17, 15) is 0 Å². The molecule has 1 heterocycles. The molecule has 102 valence electrons. The molecule has 0 saturated heterocycles. The van der Waals surface area contributed by atoms with Crippen LogP contribution in [0, 0.1) is 6.92 Å². The number of hydrogen-bond donors (Lipinski definition) is 1. The van der Waals surface area contributed by atoms with Crippen molar-refractivity contribution in [2.24, 2.45) is 0 Å². The predicted molar refractivity (Wildman–Crippen MR) is 83.0 cm³/mol. The summed E-state index contributed by atoms with van der Waals surface area (Å²) in [6.07, 6.45) is 2.17. The Bertz CT molecular complexity index is 731. The lowest BCUT2D eigenvalue weighted by Gasteiger charge is -2.10. The molecule has 1 aromatic heterocycles. The number of nitrogens with two attached hydrogens (primary N) is 1. The Labute approximate surface area is 118 Å². The quantitative estimate of drug-likeness (QED) is 0.733. The van der Waals surface area contributed by atoms with Gasteiger partial charge in [-0.05, 0) is 30.7 Å². The number of nitrogens with zero attached hydrogens (tertiary/aromatic N) is 1. The van der Waals surface area contributed by atoms with Crippen LogP contribution in [-0.2, 0) is 6.54 Å². The van der Waals surface area contributed by atoms with Crippen molar-refractivity contribution >= 4 is 16.6 Å². The van der Waals surface area contributed by atoms with Crippen LogP contribution < -0.4 is 10.5 Å². The van der Waals surface area contributed by atoms with Gasteiger partial charge in [-0.1, -0.05) is 30.3 Å². The van der Waals surface area contributed by atoms with Crippen LogP contribution in [0.5, 0.6) is 5.75 Å². The highest BCUT2D eigenvalue weighted by molar-refractivity contribution is 5.83. The lowest BCUT2D eigenvalue weighted by Crippen LogP contribution is -2.08. The fourth-order valence-electron chi connectivity index (χ4n) is 2.48. The van der Waals surface area contributed by atoms with Gasteiger partial charge in [-0.15, -0.1) is 0 Å². The molecule has 0 spiro atoms. The van der Waals surface area contributed by atoms with Crippen LogP contribution in [0.4, 0.5) is 5.69 Å². The van der Waals surface area contributed by atoms with E-state index in [0.29, 0.717) is 12.3 Å². The highest BCUT2D eigenvalue weighted by Gasteiger charge is 2.05. The zero-order valence-corrected chi connectivity index (χ0v) is 11.5. The van der Waals surface area contributed by atoms with Gasteiger partial charge < -0.3 is 15.0 Å². The summed E-state index contributed by atoms with van der Waals surface area (Å²) in [4.78, 5) is 0. The molecule has 0 aliphatic rings. The summed E-state index contributed by atoms with van der Waals surface area (Å²) in [5.41, 5.74) is 9.08. The molecule has 0 bridgehead atoms. The molecule has 20 heavy (non-hydrogen) atoms. The highest BCUT2D eigenvalue weighted by Crippen LogP contribution is 2.22. The average molecular weight is 266 g/mol. The van der Waals surface area contributed by atoms with E-state index in [-0.39, 0.29) is 0 Å². The maximum atomic E-state index is 5.86. The summed E-state index contributed by atoms with van der Waals surface area (Å²) in [6, 6.07) is 16.0. The minimum absolute atomic E-state index is 0.603. The predicted octanol–water partition coefficient (Wildman–Crippen LogP) is 3.61. The van der Waals surface area contributed by atoms with Crippen LogP contribution >= 0.6 is 0 Å². The standard InChI is InChI=1S/C17H18N2O/c1-13-12-19(16-8-4-2-6-14(13)16)10-11-20-17-9-5-3-7-15(17)18/h2-9,12H,10-11,18H2,1H3. The lowest BCUT2D eigenvalue weighted by atomic mass is 10.2. The topological polar surface area (TPSA) is 40.2 Å². The summed E-state index contributed by atoms with van der Waals surface area (Å²) in [5, 5.41) is 1.30. The molecule has 3 aromatic rings. The van der Waals surface area contributed by atoms with Gasteiger partial charge in [0.15, 0.2) is 0 Å². The van der Waals surface area contributed by atoms with Gasteiger partial charge in [0.2, 0.25) is 0 Å². The molecule has 0 fully saturated rings. The van der Waals surface area contributed by atoms with Crippen LogP contribution in [0.2, 0.25) is 0 Å². The van der Waals surface area contributed by atoms with Crippen molar-refractivity contribution in [3.63, 3.8) is 0 Å². The number of fused-ring (bicyclic) bond motifs is 1. The molecule has 0 atom stereocenters. The largest absolute Gasteiger partial charge is 0.490 e. The Hall–Kier alpha value is -2.42. The zero-order valence-electron chi connectivity index (χ0n) is 11.5. The third-order valence-electron chi connectivity index (χ3n) is 3.50. The third kappa shape index (κ3) is 2.35. The van der Waals surface area contributed by atoms with E-state index in [2.05, 4.69) is 42.0 Å². The number of para-hydroxylation sites is 3. The molecule has 2 N–H and O–H groups in total. The second-order valence-corrected chi connectivity index (χ2v) is 4.91. The fraction of sp³-hybridized carbons (Fsp3) is 0.176. The van der Waals surface area contributed by atoms with Crippen molar-refractivity contribution < 1.29 is 4.74 Å². The molecule has 0 unspecified atom stereocenters. The van der Waals surface area contributed by atoms with Gasteiger partial charge in [-0.2, -0.15) is 0 Å². The van der Waals surface area contributed by atoms with Crippen LogP contribution in [0.25, 0.3) is 10.9 Å². The number of hydrogen-bond acceptors (Lipinski definition) is 2.